The average Bonchev–Trinajstić information content (AvgIpc) is 3.40. The molecule has 0 saturated heterocycles. The monoisotopic (exact) mass is 390 g/mol. The third kappa shape index (κ3) is 2.54. The van der Waals surface area contributed by atoms with Crippen molar-refractivity contribution in [3.05, 3.63) is 102 Å². The van der Waals surface area contributed by atoms with E-state index in [2.05, 4.69) is 46.6 Å². The fourth-order valence-corrected chi connectivity index (χ4v) is 4.55. The number of aromatic nitrogens is 2. The molecule has 0 radical (unpaired) electrons. The molecule has 0 amide bonds. The van der Waals surface area contributed by atoms with Crippen molar-refractivity contribution < 1.29 is 9.53 Å². The van der Waals surface area contributed by atoms with Crippen LogP contribution < -0.4 is 0 Å². The van der Waals surface area contributed by atoms with Crippen LogP contribution in [-0.2, 0) is 4.74 Å². The Morgan fingerprint density at radius 3 is 2.33 bits per heavy atom. The first kappa shape index (κ1) is 17.0. The van der Waals surface area contributed by atoms with Crippen molar-refractivity contribution >= 4 is 27.6 Å². The number of carbonyl (C=O) groups excluding carboxylic acids is 1. The zero-order chi connectivity index (χ0) is 20.1. The molecule has 4 aromatic carbocycles. The van der Waals surface area contributed by atoms with E-state index in [1.165, 1.54) is 22.3 Å². The van der Waals surface area contributed by atoms with E-state index in [0.717, 1.165) is 21.7 Å². The zero-order valence-electron chi connectivity index (χ0n) is 16.1. The topological polar surface area (TPSA) is 55.0 Å². The molecule has 144 valence electrons. The van der Waals surface area contributed by atoms with Crippen LogP contribution in [0, 0.1) is 0 Å². The minimum Gasteiger partial charge on any atom is -0.461 e. The van der Waals surface area contributed by atoms with Crippen molar-refractivity contribution in [2.75, 3.05) is 6.61 Å². The van der Waals surface area contributed by atoms with Crippen molar-refractivity contribution in [2.24, 2.45) is 0 Å². The van der Waals surface area contributed by atoms with E-state index in [1.54, 1.807) is 6.20 Å². The first-order valence-electron chi connectivity index (χ1n) is 10.0. The summed E-state index contributed by atoms with van der Waals surface area (Å²) < 4.78 is 5.79. The Morgan fingerprint density at radius 1 is 0.867 bits per heavy atom. The van der Waals surface area contributed by atoms with Crippen LogP contribution in [0.4, 0.5) is 0 Å². The van der Waals surface area contributed by atoms with Gasteiger partial charge in [0.05, 0.1) is 17.3 Å². The van der Waals surface area contributed by atoms with Crippen molar-refractivity contribution in [2.45, 2.75) is 5.92 Å². The summed E-state index contributed by atoms with van der Waals surface area (Å²) in [5.41, 5.74) is 6.41. The van der Waals surface area contributed by atoms with E-state index in [-0.39, 0.29) is 11.9 Å². The van der Waals surface area contributed by atoms with Crippen molar-refractivity contribution in [1.29, 1.82) is 0 Å². The summed E-state index contributed by atoms with van der Waals surface area (Å²) in [6.45, 7) is 0.324. The van der Waals surface area contributed by atoms with E-state index in [0.29, 0.717) is 12.2 Å². The Hall–Kier alpha value is -3.92. The van der Waals surface area contributed by atoms with Crippen molar-refractivity contribution in [1.82, 2.24) is 10.2 Å². The predicted octanol–water partition coefficient (Wildman–Crippen LogP) is 5.69. The van der Waals surface area contributed by atoms with Gasteiger partial charge in [-0.15, -0.1) is 0 Å². The number of fused-ring (bicyclic) bond motifs is 6. The molecular weight excluding hydrogens is 372 g/mol. The normalized spacial score (nSPS) is 12.8. The molecule has 1 aromatic heterocycles. The largest absolute Gasteiger partial charge is 0.461 e. The lowest BCUT2D eigenvalue weighted by atomic mass is 9.98. The van der Waals surface area contributed by atoms with Gasteiger partial charge in [-0.05, 0) is 39.8 Å². The molecule has 0 unspecified atom stereocenters. The third-order valence-electron chi connectivity index (χ3n) is 6.01. The molecule has 6 rings (SSSR count). The van der Waals surface area contributed by atoms with Gasteiger partial charge in [-0.3, -0.25) is 5.10 Å². The summed E-state index contributed by atoms with van der Waals surface area (Å²) in [5.74, 6) is -0.241. The fourth-order valence-electron chi connectivity index (χ4n) is 4.55. The van der Waals surface area contributed by atoms with Gasteiger partial charge in [-0.25, -0.2) is 4.79 Å². The van der Waals surface area contributed by atoms with Gasteiger partial charge < -0.3 is 4.74 Å². The standard InChI is InChI=1S/C26H18N2O2/c29-26(17-11-12-19-16(13-17)9-10-18-14-27-28-25(18)19)30-15-24-22-7-3-1-5-20(22)21-6-2-4-8-23(21)24/h1-14,24H,15H2,(H,27,28). The molecule has 0 fully saturated rings. The van der Waals surface area contributed by atoms with Crippen LogP contribution in [0.25, 0.3) is 32.8 Å². The van der Waals surface area contributed by atoms with E-state index >= 15 is 0 Å². The number of aromatic amines is 1. The van der Waals surface area contributed by atoms with Gasteiger partial charge in [0.25, 0.3) is 0 Å². The first-order valence-corrected chi connectivity index (χ1v) is 10.0. The van der Waals surface area contributed by atoms with Crippen LogP contribution in [0.15, 0.2) is 85.1 Å². The summed E-state index contributed by atoms with van der Waals surface area (Å²) in [5, 5.41) is 10.2. The average molecular weight is 390 g/mol. The maximum absolute atomic E-state index is 12.8. The molecule has 1 aliphatic rings. The van der Waals surface area contributed by atoms with Crippen LogP contribution in [-0.4, -0.2) is 22.8 Å². The quantitative estimate of drug-likeness (QED) is 0.403. The maximum atomic E-state index is 12.8. The number of ether oxygens (including phenoxy) is 1. The number of hydrogen-bond donors (Lipinski definition) is 1. The molecule has 5 aromatic rings. The Kier molecular flexibility index (Phi) is 3.71. The first-order chi connectivity index (χ1) is 14.8. The molecule has 0 saturated carbocycles. The third-order valence-corrected chi connectivity index (χ3v) is 6.01. The number of rotatable bonds is 3. The van der Waals surface area contributed by atoms with Crippen LogP contribution in [0.1, 0.15) is 27.4 Å². The number of carbonyl (C=O) groups is 1. The smallest absolute Gasteiger partial charge is 0.338 e. The SMILES string of the molecule is O=C(OCC1c2ccccc2-c2ccccc21)c1ccc2c(ccc3cn[nH]c32)c1. The molecular formula is C26H18N2O2. The van der Waals surface area contributed by atoms with Gasteiger partial charge in [0.2, 0.25) is 0 Å². The Morgan fingerprint density at radius 2 is 1.57 bits per heavy atom. The molecule has 1 N–H and O–H groups in total. The number of H-pyrrole nitrogens is 1. The fraction of sp³-hybridized carbons (Fsp3) is 0.0769. The van der Waals surface area contributed by atoms with Gasteiger partial charge in [-0.2, -0.15) is 5.10 Å². The Labute approximate surface area is 173 Å². The number of hydrogen-bond acceptors (Lipinski definition) is 3. The second-order valence-corrected chi connectivity index (χ2v) is 7.66. The highest BCUT2D eigenvalue weighted by Crippen LogP contribution is 2.44. The summed E-state index contributed by atoms with van der Waals surface area (Å²) in [6.07, 6.45) is 1.80. The molecule has 1 aliphatic carbocycles. The summed E-state index contributed by atoms with van der Waals surface area (Å²) >= 11 is 0. The van der Waals surface area contributed by atoms with Gasteiger partial charge in [0.15, 0.2) is 0 Å². The highest BCUT2D eigenvalue weighted by atomic mass is 16.5. The van der Waals surface area contributed by atoms with E-state index in [1.807, 2.05) is 42.5 Å². The summed E-state index contributed by atoms with van der Waals surface area (Å²) in [7, 11) is 0. The lowest BCUT2D eigenvalue weighted by molar-refractivity contribution is 0.0494. The number of esters is 1. The molecule has 30 heavy (non-hydrogen) atoms. The van der Waals surface area contributed by atoms with Gasteiger partial charge >= 0.3 is 5.97 Å². The van der Waals surface area contributed by atoms with E-state index in [4.69, 9.17) is 4.74 Å². The maximum Gasteiger partial charge on any atom is 0.338 e. The highest BCUT2D eigenvalue weighted by Gasteiger charge is 2.29. The van der Waals surface area contributed by atoms with Gasteiger partial charge in [0, 0.05) is 16.7 Å². The molecule has 4 heteroatoms. The van der Waals surface area contributed by atoms with Crippen LogP contribution in [0.2, 0.25) is 0 Å². The van der Waals surface area contributed by atoms with E-state index in [9.17, 15) is 4.79 Å². The second-order valence-electron chi connectivity index (χ2n) is 7.66. The molecule has 0 spiro atoms. The predicted molar refractivity (Wildman–Crippen MR) is 118 cm³/mol. The molecule has 0 bridgehead atoms. The van der Waals surface area contributed by atoms with Gasteiger partial charge in [-0.1, -0.05) is 66.7 Å². The number of nitrogens with zero attached hydrogens (tertiary/aromatic N) is 1. The lowest BCUT2D eigenvalue weighted by Crippen LogP contribution is -2.12. The van der Waals surface area contributed by atoms with Crippen molar-refractivity contribution in [3.63, 3.8) is 0 Å². The zero-order valence-corrected chi connectivity index (χ0v) is 16.1. The molecule has 1 heterocycles. The van der Waals surface area contributed by atoms with Crippen LogP contribution in [0.5, 0.6) is 0 Å². The van der Waals surface area contributed by atoms with Crippen LogP contribution >= 0.6 is 0 Å². The van der Waals surface area contributed by atoms with Gasteiger partial charge in [0.1, 0.15) is 6.61 Å². The minimum absolute atomic E-state index is 0.0615. The summed E-state index contributed by atoms with van der Waals surface area (Å²) in [6, 6.07) is 26.4. The number of nitrogens with one attached hydrogen (secondary N) is 1. The summed E-state index contributed by atoms with van der Waals surface area (Å²) in [4.78, 5) is 12.8. The minimum atomic E-state index is -0.302. The molecule has 0 aliphatic heterocycles. The number of benzene rings is 4. The highest BCUT2D eigenvalue weighted by molar-refractivity contribution is 6.07. The second kappa shape index (κ2) is 6.56. The lowest BCUT2D eigenvalue weighted by Gasteiger charge is -2.14. The van der Waals surface area contributed by atoms with E-state index < -0.39 is 0 Å². The van der Waals surface area contributed by atoms with Crippen molar-refractivity contribution in [3.8, 4) is 11.1 Å². The Bertz CT molecular complexity index is 1390. The molecule has 0 atom stereocenters. The Balaban J connectivity index is 1.29. The molecule has 4 nitrogen and oxygen atoms in total. The van der Waals surface area contributed by atoms with Crippen LogP contribution in [0.3, 0.4) is 0 Å².